The number of rotatable bonds is 2. The van der Waals surface area contributed by atoms with Crippen LogP contribution >= 0.6 is 22.6 Å². The van der Waals surface area contributed by atoms with E-state index in [4.69, 9.17) is 14.2 Å². The Balaban J connectivity index is 2.39. The Kier molecular flexibility index (Phi) is 5.62. The fourth-order valence-corrected chi connectivity index (χ4v) is 2.70. The number of aryl methyl sites for hydroxylation is 1. The third kappa shape index (κ3) is 4.31. The third-order valence-corrected chi connectivity index (χ3v) is 4.47. The molecule has 0 saturated heterocycles. The minimum Gasteiger partial charge on any atom is -0.475 e. The van der Waals surface area contributed by atoms with Crippen molar-refractivity contribution in [2.24, 2.45) is 0 Å². The molecule has 0 saturated carbocycles. The number of ether oxygens (including phenoxy) is 3. The molecule has 1 aromatic rings. The highest BCUT2D eigenvalue weighted by molar-refractivity contribution is 14.1. The quantitative estimate of drug-likeness (QED) is 0.512. The SMILES string of the molecule is CCOC(=O)C1CN(C(=O)OC(C)(C)C)c2cc(I)c(C)cc2O1. The lowest BCUT2D eigenvalue weighted by Crippen LogP contribution is -2.49. The van der Waals surface area contributed by atoms with Gasteiger partial charge in [0.1, 0.15) is 11.4 Å². The van der Waals surface area contributed by atoms with Crippen LogP contribution in [0.4, 0.5) is 10.5 Å². The van der Waals surface area contributed by atoms with Gasteiger partial charge in [-0.3, -0.25) is 4.90 Å². The zero-order valence-corrected chi connectivity index (χ0v) is 16.7. The summed E-state index contributed by atoms with van der Waals surface area (Å²) in [5, 5.41) is 0. The second kappa shape index (κ2) is 7.16. The molecule has 1 aliphatic heterocycles. The standard InChI is InChI=1S/C17H22INO5/c1-6-22-15(20)14-9-19(16(21)24-17(3,4)5)12-8-11(18)10(2)7-13(12)23-14/h7-8,14H,6,9H2,1-5H3. The van der Waals surface area contributed by atoms with Gasteiger partial charge in [-0.2, -0.15) is 0 Å². The summed E-state index contributed by atoms with van der Waals surface area (Å²) in [6.07, 6.45) is -1.38. The van der Waals surface area contributed by atoms with E-state index in [1.54, 1.807) is 27.7 Å². The Bertz CT molecular complexity index is 653. The summed E-state index contributed by atoms with van der Waals surface area (Å²) in [7, 11) is 0. The van der Waals surface area contributed by atoms with E-state index in [-0.39, 0.29) is 13.2 Å². The number of nitrogens with zero attached hydrogens (tertiary/aromatic N) is 1. The van der Waals surface area contributed by atoms with Crippen molar-refractivity contribution in [3.63, 3.8) is 0 Å². The molecule has 1 aliphatic rings. The van der Waals surface area contributed by atoms with Crippen LogP contribution in [-0.4, -0.2) is 36.9 Å². The van der Waals surface area contributed by atoms with Crippen molar-refractivity contribution in [1.82, 2.24) is 0 Å². The van der Waals surface area contributed by atoms with Crippen LogP contribution in [-0.2, 0) is 14.3 Å². The van der Waals surface area contributed by atoms with Crippen molar-refractivity contribution in [3.05, 3.63) is 21.3 Å². The maximum atomic E-state index is 12.6. The van der Waals surface area contributed by atoms with E-state index in [1.165, 1.54) is 4.90 Å². The normalized spacial score (nSPS) is 16.9. The van der Waals surface area contributed by atoms with E-state index in [9.17, 15) is 9.59 Å². The lowest BCUT2D eigenvalue weighted by atomic mass is 10.1. The van der Waals surface area contributed by atoms with Crippen LogP contribution in [0.1, 0.15) is 33.3 Å². The number of hydrogen-bond acceptors (Lipinski definition) is 5. The molecule has 6 nitrogen and oxygen atoms in total. The van der Waals surface area contributed by atoms with Crippen LogP contribution in [0.25, 0.3) is 0 Å². The first-order valence-corrected chi connectivity index (χ1v) is 8.84. The van der Waals surface area contributed by atoms with Crippen molar-refractivity contribution < 1.29 is 23.8 Å². The second-order valence-electron chi connectivity index (χ2n) is 6.52. The summed E-state index contributed by atoms with van der Waals surface area (Å²) in [4.78, 5) is 26.1. The van der Waals surface area contributed by atoms with Gasteiger partial charge in [0.25, 0.3) is 0 Å². The molecule has 0 aromatic heterocycles. The van der Waals surface area contributed by atoms with Gasteiger partial charge in [0, 0.05) is 3.57 Å². The minimum absolute atomic E-state index is 0.0554. The van der Waals surface area contributed by atoms with Gasteiger partial charge < -0.3 is 14.2 Å². The number of esters is 1. The zero-order chi connectivity index (χ0) is 18.1. The highest BCUT2D eigenvalue weighted by Gasteiger charge is 2.37. The number of halogens is 1. The molecule has 0 fully saturated rings. The van der Waals surface area contributed by atoms with Gasteiger partial charge in [0.05, 0.1) is 18.8 Å². The number of carbonyl (C=O) groups excluding carboxylic acids is 2. The molecule has 2 rings (SSSR count). The molecule has 0 bridgehead atoms. The third-order valence-electron chi connectivity index (χ3n) is 3.31. The van der Waals surface area contributed by atoms with E-state index >= 15 is 0 Å². The molecule has 7 heteroatoms. The highest BCUT2D eigenvalue weighted by atomic mass is 127. The predicted molar refractivity (Wildman–Crippen MR) is 98.5 cm³/mol. The van der Waals surface area contributed by atoms with Crippen LogP contribution < -0.4 is 9.64 Å². The van der Waals surface area contributed by atoms with E-state index < -0.39 is 23.8 Å². The minimum atomic E-state index is -0.871. The average molecular weight is 447 g/mol. The zero-order valence-electron chi connectivity index (χ0n) is 14.5. The molecule has 0 spiro atoms. The number of fused-ring (bicyclic) bond motifs is 1. The first-order chi connectivity index (χ1) is 11.1. The molecule has 132 valence electrons. The lowest BCUT2D eigenvalue weighted by molar-refractivity contribution is -0.151. The Labute approximate surface area is 155 Å². The van der Waals surface area contributed by atoms with Gasteiger partial charge in [0.15, 0.2) is 0 Å². The Morgan fingerprint density at radius 2 is 2.04 bits per heavy atom. The number of carbonyl (C=O) groups is 2. The Morgan fingerprint density at radius 1 is 1.38 bits per heavy atom. The Hall–Kier alpha value is -1.51. The van der Waals surface area contributed by atoms with E-state index in [0.717, 1.165) is 9.13 Å². The number of anilines is 1. The molecule has 24 heavy (non-hydrogen) atoms. The van der Waals surface area contributed by atoms with E-state index in [1.807, 2.05) is 19.1 Å². The largest absolute Gasteiger partial charge is 0.475 e. The summed E-state index contributed by atoms with van der Waals surface area (Å²) in [5.74, 6) is -0.0176. The molecule has 1 aromatic carbocycles. The van der Waals surface area contributed by atoms with Crippen molar-refractivity contribution in [3.8, 4) is 5.75 Å². The van der Waals surface area contributed by atoms with Gasteiger partial charge in [0.2, 0.25) is 6.10 Å². The van der Waals surface area contributed by atoms with Gasteiger partial charge in [-0.1, -0.05) is 0 Å². The van der Waals surface area contributed by atoms with Crippen molar-refractivity contribution in [2.45, 2.75) is 46.3 Å². The summed E-state index contributed by atoms with van der Waals surface area (Å²) in [6, 6.07) is 3.68. The van der Waals surface area contributed by atoms with Crippen LogP contribution in [0.5, 0.6) is 5.75 Å². The molecule has 0 N–H and O–H groups in total. The van der Waals surface area contributed by atoms with Crippen molar-refractivity contribution in [1.29, 1.82) is 0 Å². The molecule has 0 aliphatic carbocycles. The average Bonchev–Trinajstić information content (AvgIpc) is 2.46. The van der Waals surface area contributed by atoms with Crippen molar-refractivity contribution >= 4 is 40.3 Å². The highest BCUT2D eigenvalue weighted by Crippen LogP contribution is 2.37. The van der Waals surface area contributed by atoms with Crippen LogP contribution in [0, 0.1) is 10.5 Å². The second-order valence-corrected chi connectivity index (χ2v) is 7.68. The molecular weight excluding hydrogens is 425 g/mol. The van der Waals surface area contributed by atoms with E-state index in [0.29, 0.717) is 11.4 Å². The summed E-state index contributed by atoms with van der Waals surface area (Å²) in [6.45, 7) is 9.38. The molecule has 1 heterocycles. The molecule has 1 unspecified atom stereocenters. The van der Waals surface area contributed by atoms with Gasteiger partial charge in [-0.25, -0.2) is 9.59 Å². The van der Waals surface area contributed by atoms with Crippen LogP contribution in [0.2, 0.25) is 0 Å². The number of hydrogen-bond donors (Lipinski definition) is 0. The van der Waals surface area contributed by atoms with Crippen molar-refractivity contribution in [2.75, 3.05) is 18.1 Å². The topological polar surface area (TPSA) is 65.1 Å². The molecule has 0 radical (unpaired) electrons. The fourth-order valence-electron chi connectivity index (χ4n) is 2.25. The maximum Gasteiger partial charge on any atom is 0.415 e. The van der Waals surface area contributed by atoms with E-state index in [2.05, 4.69) is 22.6 Å². The molecular formula is C17H22INO5. The molecule has 1 atom stereocenters. The smallest absolute Gasteiger partial charge is 0.415 e. The summed E-state index contributed by atoms with van der Waals surface area (Å²) in [5.41, 5.74) is 0.968. The monoisotopic (exact) mass is 447 g/mol. The van der Waals surface area contributed by atoms with Gasteiger partial charge in [-0.05, 0) is 74.9 Å². The fraction of sp³-hybridized carbons (Fsp3) is 0.529. The summed E-state index contributed by atoms with van der Waals surface area (Å²) >= 11 is 2.20. The lowest BCUT2D eigenvalue weighted by Gasteiger charge is -2.35. The Morgan fingerprint density at radius 3 is 2.62 bits per heavy atom. The number of benzene rings is 1. The molecule has 1 amide bonds. The first kappa shape index (κ1) is 18.8. The van der Waals surface area contributed by atoms with Crippen LogP contribution in [0.15, 0.2) is 12.1 Å². The van der Waals surface area contributed by atoms with Gasteiger partial charge >= 0.3 is 12.1 Å². The van der Waals surface area contributed by atoms with Gasteiger partial charge in [-0.15, -0.1) is 0 Å². The van der Waals surface area contributed by atoms with Crippen LogP contribution in [0.3, 0.4) is 0 Å². The first-order valence-electron chi connectivity index (χ1n) is 7.76. The summed E-state index contributed by atoms with van der Waals surface area (Å²) < 4.78 is 17.3. The number of amides is 1. The predicted octanol–water partition coefficient (Wildman–Crippen LogP) is 3.67. The maximum absolute atomic E-state index is 12.6.